The fourth-order valence-electron chi connectivity index (χ4n) is 1.57. The monoisotopic (exact) mass is 286 g/mol. The zero-order valence-electron chi connectivity index (χ0n) is 11.4. The number of nitrogens with one attached hydrogen (secondary N) is 2. The molecule has 0 unspecified atom stereocenters. The van der Waals surface area contributed by atoms with E-state index in [-0.39, 0.29) is 6.03 Å². The van der Waals surface area contributed by atoms with Gasteiger partial charge in [0.25, 0.3) is 0 Å². The molecule has 1 aromatic carbocycles. The molecular weight excluding hydrogens is 268 g/mol. The number of ether oxygens (including phenoxy) is 2. The summed E-state index contributed by atoms with van der Waals surface area (Å²) in [6.45, 7) is 5.19. The molecule has 0 saturated carbocycles. The van der Waals surface area contributed by atoms with Crippen LogP contribution in [-0.4, -0.2) is 26.3 Å². The van der Waals surface area contributed by atoms with Gasteiger partial charge in [0, 0.05) is 13.1 Å². The number of hydrogen-bond donors (Lipinski definition) is 2. The maximum Gasteiger partial charge on any atom is 0.315 e. The van der Waals surface area contributed by atoms with Gasteiger partial charge in [-0.15, -0.1) is 0 Å². The molecule has 0 fully saturated rings. The predicted molar refractivity (Wildman–Crippen MR) is 75.1 cm³/mol. The van der Waals surface area contributed by atoms with Crippen LogP contribution in [0.5, 0.6) is 11.5 Å². The van der Waals surface area contributed by atoms with Crippen LogP contribution in [0, 0.1) is 0 Å². The molecule has 5 nitrogen and oxygen atoms in total. The van der Waals surface area contributed by atoms with Gasteiger partial charge in [-0.1, -0.05) is 11.6 Å². The Kier molecular flexibility index (Phi) is 6.29. The highest BCUT2D eigenvalue weighted by Crippen LogP contribution is 2.36. The van der Waals surface area contributed by atoms with E-state index in [4.69, 9.17) is 21.1 Å². The molecule has 2 amide bonds. The molecule has 0 bridgehead atoms. The first-order valence-electron chi connectivity index (χ1n) is 6.13. The summed E-state index contributed by atoms with van der Waals surface area (Å²) in [5.74, 6) is 1.08. The third kappa shape index (κ3) is 4.52. The number of halogens is 1. The number of carbonyl (C=O) groups excluding carboxylic acids is 1. The van der Waals surface area contributed by atoms with E-state index >= 15 is 0 Å². The van der Waals surface area contributed by atoms with Crippen molar-refractivity contribution in [1.29, 1.82) is 0 Å². The van der Waals surface area contributed by atoms with Crippen molar-refractivity contribution in [2.75, 3.05) is 20.3 Å². The van der Waals surface area contributed by atoms with E-state index in [2.05, 4.69) is 10.6 Å². The van der Waals surface area contributed by atoms with E-state index in [9.17, 15) is 4.79 Å². The Bertz CT molecular complexity index is 438. The van der Waals surface area contributed by atoms with Gasteiger partial charge < -0.3 is 20.1 Å². The van der Waals surface area contributed by atoms with E-state index in [0.29, 0.717) is 36.2 Å². The van der Waals surface area contributed by atoms with Crippen LogP contribution in [0.4, 0.5) is 4.79 Å². The van der Waals surface area contributed by atoms with Crippen molar-refractivity contribution < 1.29 is 14.3 Å². The molecule has 2 N–H and O–H groups in total. The average molecular weight is 287 g/mol. The first-order chi connectivity index (χ1) is 9.12. The van der Waals surface area contributed by atoms with E-state index in [0.717, 1.165) is 5.56 Å². The number of urea groups is 1. The standard InChI is InChI=1S/C13H19ClN2O3/c1-4-15-13(17)16-8-9-6-10(14)12(19-5-2)11(7-9)18-3/h6-7H,4-5,8H2,1-3H3,(H2,15,16,17). The Labute approximate surface area is 118 Å². The van der Waals surface area contributed by atoms with Crippen molar-refractivity contribution in [3.63, 3.8) is 0 Å². The number of methoxy groups -OCH3 is 1. The lowest BCUT2D eigenvalue weighted by Crippen LogP contribution is -2.34. The van der Waals surface area contributed by atoms with Crippen LogP contribution in [-0.2, 0) is 6.54 Å². The number of amides is 2. The molecule has 1 rings (SSSR count). The SMILES string of the molecule is CCNC(=O)NCc1cc(Cl)c(OCC)c(OC)c1. The van der Waals surface area contributed by atoms with Gasteiger partial charge in [0.2, 0.25) is 0 Å². The third-order valence-electron chi connectivity index (χ3n) is 2.37. The molecule has 6 heteroatoms. The fourth-order valence-corrected chi connectivity index (χ4v) is 1.85. The highest BCUT2D eigenvalue weighted by atomic mass is 35.5. The summed E-state index contributed by atoms with van der Waals surface area (Å²) in [7, 11) is 1.55. The maximum absolute atomic E-state index is 11.3. The molecular formula is C13H19ClN2O3. The van der Waals surface area contributed by atoms with Crippen LogP contribution in [0.1, 0.15) is 19.4 Å². The normalized spacial score (nSPS) is 9.89. The second kappa shape index (κ2) is 7.74. The van der Waals surface area contributed by atoms with Crippen molar-refractivity contribution in [3.05, 3.63) is 22.7 Å². The minimum Gasteiger partial charge on any atom is -0.493 e. The zero-order chi connectivity index (χ0) is 14.3. The third-order valence-corrected chi connectivity index (χ3v) is 2.65. The van der Waals surface area contributed by atoms with Crippen LogP contribution < -0.4 is 20.1 Å². The van der Waals surface area contributed by atoms with Crippen molar-refractivity contribution in [3.8, 4) is 11.5 Å². The Morgan fingerprint density at radius 3 is 2.63 bits per heavy atom. The molecule has 106 valence electrons. The summed E-state index contributed by atoms with van der Waals surface area (Å²) in [5, 5.41) is 5.84. The Hall–Kier alpha value is -1.62. The molecule has 1 aromatic rings. The minimum atomic E-state index is -0.216. The fraction of sp³-hybridized carbons (Fsp3) is 0.462. The summed E-state index contributed by atoms with van der Waals surface area (Å²) in [6.07, 6.45) is 0. The predicted octanol–water partition coefficient (Wildman–Crippen LogP) is 2.57. The van der Waals surface area contributed by atoms with Gasteiger partial charge in [0.15, 0.2) is 11.5 Å². The topological polar surface area (TPSA) is 59.6 Å². The summed E-state index contributed by atoms with van der Waals surface area (Å²) < 4.78 is 10.7. The quantitative estimate of drug-likeness (QED) is 0.845. The largest absolute Gasteiger partial charge is 0.493 e. The van der Waals surface area contributed by atoms with Gasteiger partial charge in [-0.05, 0) is 31.5 Å². The van der Waals surface area contributed by atoms with Crippen molar-refractivity contribution in [1.82, 2.24) is 10.6 Å². The number of benzene rings is 1. The molecule has 19 heavy (non-hydrogen) atoms. The van der Waals surface area contributed by atoms with Crippen LogP contribution in [0.3, 0.4) is 0 Å². The van der Waals surface area contributed by atoms with Gasteiger partial charge >= 0.3 is 6.03 Å². The van der Waals surface area contributed by atoms with Crippen LogP contribution in [0.25, 0.3) is 0 Å². The lowest BCUT2D eigenvalue weighted by Gasteiger charge is -2.13. The molecule has 0 radical (unpaired) electrons. The van der Waals surface area contributed by atoms with Crippen molar-refractivity contribution >= 4 is 17.6 Å². The molecule has 0 atom stereocenters. The first-order valence-corrected chi connectivity index (χ1v) is 6.51. The average Bonchev–Trinajstić information content (AvgIpc) is 2.39. The van der Waals surface area contributed by atoms with Gasteiger partial charge in [-0.2, -0.15) is 0 Å². The van der Waals surface area contributed by atoms with Crippen LogP contribution >= 0.6 is 11.6 Å². The van der Waals surface area contributed by atoms with E-state index in [1.54, 1.807) is 19.2 Å². The second-order valence-electron chi connectivity index (χ2n) is 3.76. The molecule has 0 aromatic heterocycles. The van der Waals surface area contributed by atoms with E-state index in [1.165, 1.54) is 0 Å². The summed E-state index contributed by atoms with van der Waals surface area (Å²) in [5.41, 5.74) is 0.844. The highest BCUT2D eigenvalue weighted by Gasteiger charge is 2.11. The van der Waals surface area contributed by atoms with Crippen molar-refractivity contribution in [2.45, 2.75) is 20.4 Å². The zero-order valence-corrected chi connectivity index (χ0v) is 12.1. The number of hydrogen-bond acceptors (Lipinski definition) is 3. The van der Waals surface area contributed by atoms with Gasteiger partial charge in [0.05, 0.1) is 18.7 Å². The Morgan fingerprint density at radius 1 is 1.32 bits per heavy atom. The molecule has 0 aliphatic rings. The minimum absolute atomic E-state index is 0.216. The molecule has 0 aliphatic heterocycles. The Morgan fingerprint density at radius 2 is 2.05 bits per heavy atom. The van der Waals surface area contributed by atoms with Crippen LogP contribution in [0.15, 0.2) is 12.1 Å². The highest BCUT2D eigenvalue weighted by molar-refractivity contribution is 6.32. The lowest BCUT2D eigenvalue weighted by atomic mass is 10.2. The molecule has 0 saturated heterocycles. The summed E-state index contributed by atoms with van der Waals surface area (Å²) >= 11 is 6.14. The number of rotatable bonds is 6. The molecule has 0 aliphatic carbocycles. The molecule has 0 spiro atoms. The number of carbonyl (C=O) groups is 1. The smallest absolute Gasteiger partial charge is 0.315 e. The van der Waals surface area contributed by atoms with E-state index in [1.807, 2.05) is 13.8 Å². The second-order valence-corrected chi connectivity index (χ2v) is 4.16. The van der Waals surface area contributed by atoms with Gasteiger partial charge in [-0.25, -0.2) is 4.79 Å². The summed E-state index contributed by atoms with van der Waals surface area (Å²) in [6, 6.07) is 3.33. The lowest BCUT2D eigenvalue weighted by molar-refractivity contribution is 0.241. The van der Waals surface area contributed by atoms with Gasteiger partial charge in [-0.3, -0.25) is 0 Å². The summed E-state index contributed by atoms with van der Waals surface area (Å²) in [4.78, 5) is 11.3. The van der Waals surface area contributed by atoms with Gasteiger partial charge in [0.1, 0.15) is 0 Å². The Balaban J connectivity index is 2.80. The van der Waals surface area contributed by atoms with Crippen molar-refractivity contribution in [2.24, 2.45) is 0 Å². The van der Waals surface area contributed by atoms with Crippen LogP contribution in [0.2, 0.25) is 5.02 Å². The molecule has 0 heterocycles. The van der Waals surface area contributed by atoms with E-state index < -0.39 is 0 Å². The maximum atomic E-state index is 11.3. The first kappa shape index (κ1) is 15.4.